The van der Waals surface area contributed by atoms with Crippen molar-refractivity contribution in [2.45, 2.75) is 19.4 Å². The number of imidazole rings is 1. The minimum absolute atomic E-state index is 0.269. The Kier molecular flexibility index (Phi) is 3.22. The highest BCUT2D eigenvalue weighted by molar-refractivity contribution is 9.10. The van der Waals surface area contributed by atoms with Gasteiger partial charge in [-0.3, -0.25) is 0 Å². The number of hydrogen-bond acceptors (Lipinski definition) is 2. The van der Waals surface area contributed by atoms with Crippen LogP contribution in [-0.2, 0) is 13.0 Å². The van der Waals surface area contributed by atoms with Crippen LogP contribution in [0.15, 0.2) is 34.9 Å². The molecule has 94 valence electrons. The van der Waals surface area contributed by atoms with E-state index in [2.05, 4.69) is 43.8 Å². The van der Waals surface area contributed by atoms with Gasteiger partial charge in [0.25, 0.3) is 0 Å². The summed E-state index contributed by atoms with van der Waals surface area (Å²) in [6, 6.07) is 8.21. The Morgan fingerprint density at radius 1 is 1.33 bits per heavy atom. The quantitative estimate of drug-likeness (QED) is 0.926. The molecular weight excluding hydrogens is 292 g/mol. The van der Waals surface area contributed by atoms with Crippen LogP contribution in [0.2, 0.25) is 0 Å². The van der Waals surface area contributed by atoms with E-state index in [9.17, 15) is 5.11 Å². The van der Waals surface area contributed by atoms with E-state index in [0.717, 1.165) is 40.9 Å². The summed E-state index contributed by atoms with van der Waals surface area (Å²) in [4.78, 5) is 4.69. The number of nitrogens with zero attached hydrogens (tertiary/aromatic N) is 2. The Labute approximate surface area is 115 Å². The highest BCUT2D eigenvalue weighted by atomic mass is 79.9. The second kappa shape index (κ2) is 4.86. The Morgan fingerprint density at radius 3 is 2.83 bits per heavy atom. The second-order valence-corrected chi connectivity index (χ2v) is 5.70. The van der Waals surface area contributed by atoms with Crippen LogP contribution in [0.25, 0.3) is 11.3 Å². The minimum Gasteiger partial charge on any atom is -0.396 e. The van der Waals surface area contributed by atoms with Crippen molar-refractivity contribution >= 4 is 15.9 Å². The topological polar surface area (TPSA) is 38.1 Å². The maximum atomic E-state index is 9.23. The fourth-order valence-electron chi connectivity index (χ4n) is 2.42. The molecule has 1 atom stereocenters. The monoisotopic (exact) mass is 306 g/mol. The standard InChI is InChI=1S/C14H15BrN2O/c15-12-4-2-11(3-5-12)13-8-17-7-10(9-18)1-6-14(17)16-13/h2-5,8,10,18H,1,6-7,9H2. The fourth-order valence-corrected chi connectivity index (χ4v) is 2.69. The lowest BCUT2D eigenvalue weighted by molar-refractivity contribution is 0.190. The van der Waals surface area contributed by atoms with Crippen LogP contribution in [-0.4, -0.2) is 21.3 Å². The molecule has 0 aliphatic carbocycles. The third-order valence-electron chi connectivity index (χ3n) is 3.49. The SMILES string of the molecule is OCC1CCc2nc(-c3ccc(Br)cc3)cn2C1. The zero-order valence-electron chi connectivity index (χ0n) is 10.0. The molecule has 3 nitrogen and oxygen atoms in total. The summed E-state index contributed by atoms with van der Waals surface area (Å²) in [6.45, 7) is 1.15. The summed E-state index contributed by atoms with van der Waals surface area (Å²) in [5.41, 5.74) is 2.16. The van der Waals surface area contributed by atoms with Crippen molar-refractivity contribution in [1.82, 2.24) is 9.55 Å². The van der Waals surface area contributed by atoms with Crippen molar-refractivity contribution in [3.63, 3.8) is 0 Å². The van der Waals surface area contributed by atoms with Crippen molar-refractivity contribution in [1.29, 1.82) is 0 Å². The number of fused-ring (bicyclic) bond motifs is 1. The van der Waals surface area contributed by atoms with Crippen LogP contribution in [0.4, 0.5) is 0 Å². The molecule has 0 amide bonds. The Balaban J connectivity index is 1.91. The summed E-state index contributed by atoms with van der Waals surface area (Å²) >= 11 is 3.44. The first-order chi connectivity index (χ1) is 8.76. The second-order valence-electron chi connectivity index (χ2n) is 4.79. The summed E-state index contributed by atoms with van der Waals surface area (Å²) in [7, 11) is 0. The Hall–Kier alpha value is -1.13. The van der Waals surface area contributed by atoms with Crippen molar-refractivity contribution in [3.8, 4) is 11.3 Å². The van der Waals surface area contributed by atoms with Crippen LogP contribution in [0.5, 0.6) is 0 Å². The van der Waals surface area contributed by atoms with Gasteiger partial charge in [0.15, 0.2) is 0 Å². The first-order valence-electron chi connectivity index (χ1n) is 6.19. The average Bonchev–Trinajstić information content (AvgIpc) is 2.82. The summed E-state index contributed by atoms with van der Waals surface area (Å²) in [5, 5.41) is 9.23. The molecular formula is C14H15BrN2O. The summed E-state index contributed by atoms with van der Waals surface area (Å²) in [5.74, 6) is 1.52. The number of aliphatic hydroxyl groups excluding tert-OH is 1. The van der Waals surface area contributed by atoms with Crippen LogP contribution in [0.1, 0.15) is 12.2 Å². The van der Waals surface area contributed by atoms with Gasteiger partial charge in [0, 0.05) is 41.7 Å². The van der Waals surface area contributed by atoms with E-state index in [0.29, 0.717) is 5.92 Å². The number of hydrogen-bond donors (Lipinski definition) is 1. The van der Waals surface area contributed by atoms with Crippen molar-refractivity contribution < 1.29 is 5.11 Å². The maximum Gasteiger partial charge on any atom is 0.109 e. The predicted octanol–water partition coefficient (Wildman–Crippen LogP) is 2.87. The highest BCUT2D eigenvalue weighted by Gasteiger charge is 2.19. The van der Waals surface area contributed by atoms with E-state index in [1.165, 1.54) is 0 Å². The molecule has 2 heterocycles. The van der Waals surface area contributed by atoms with Gasteiger partial charge in [-0.25, -0.2) is 4.98 Å². The van der Waals surface area contributed by atoms with Gasteiger partial charge in [0.2, 0.25) is 0 Å². The zero-order chi connectivity index (χ0) is 12.5. The van der Waals surface area contributed by atoms with Crippen molar-refractivity contribution in [3.05, 3.63) is 40.8 Å². The predicted molar refractivity (Wildman–Crippen MR) is 74.3 cm³/mol. The first kappa shape index (κ1) is 11.9. The van der Waals surface area contributed by atoms with Crippen molar-refractivity contribution in [2.75, 3.05) is 6.61 Å². The number of aromatic nitrogens is 2. The average molecular weight is 307 g/mol. The molecule has 4 heteroatoms. The maximum absolute atomic E-state index is 9.23. The largest absolute Gasteiger partial charge is 0.396 e. The van der Waals surface area contributed by atoms with Crippen LogP contribution in [0.3, 0.4) is 0 Å². The molecule has 1 N–H and O–H groups in total. The van der Waals surface area contributed by atoms with Gasteiger partial charge >= 0.3 is 0 Å². The number of rotatable bonds is 2. The van der Waals surface area contributed by atoms with E-state index >= 15 is 0 Å². The molecule has 0 bridgehead atoms. The lowest BCUT2D eigenvalue weighted by atomic mass is 10.0. The molecule has 1 aliphatic heterocycles. The normalized spacial score (nSPS) is 18.7. The van der Waals surface area contributed by atoms with E-state index < -0.39 is 0 Å². The fraction of sp³-hybridized carbons (Fsp3) is 0.357. The van der Waals surface area contributed by atoms with E-state index in [4.69, 9.17) is 0 Å². The van der Waals surface area contributed by atoms with Gasteiger partial charge in [0.1, 0.15) is 5.82 Å². The molecule has 0 fully saturated rings. The molecule has 0 saturated heterocycles. The molecule has 1 aliphatic rings. The smallest absolute Gasteiger partial charge is 0.109 e. The lowest BCUT2D eigenvalue weighted by Gasteiger charge is -2.21. The van der Waals surface area contributed by atoms with Gasteiger partial charge in [-0.2, -0.15) is 0 Å². The van der Waals surface area contributed by atoms with Gasteiger partial charge in [0.05, 0.1) is 5.69 Å². The van der Waals surface area contributed by atoms with Crippen molar-refractivity contribution in [2.24, 2.45) is 5.92 Å². The number of aliphatic hydroxyl groups is 1. The molecule has 1 aromatic heterocycles. The highest BCUT2D eigenvalue weighted by Crippen LogP contribution is 2.25. The summed E-state index contributed by atoms with van der Waals surface area (Å²) in [6.07, 6.45) is 4.09. The molecule has 0 spiro atoms. The van der Waals surface area contributed by atoms with Gasteiger partial charge in [-0.15, -0.1) is 0 Å². The third-order valence-corrected chi connectivity index (χ3v) is 4.02. The number of benzene rings is 1. The molecule has 0 radical (unpaired) electrons. The van der Waals surface area contributed by atoms with Crippen LogP contribution in [0, 0.1) is 5.92 Å². The van der Waals surface area contributed by atoms with Crippen LogP contribution < -0.4 is 0 Å². The lowest BCUT2D eigenvalue weighted by Crippen LogP contribution is -2.22. The molecule has 18 heavy (non-hydrogen) atoms. The number of halogens is 1. The molecule has 2 aromatic rings. The molecule has 1 unspecified atom stereocenters. The Bertz CT molecular complexity index is 547. The summed E-state index contributed by atoms with van der Waals surface area (Å²) < 4.78 is 3.26. The molecule has 0 saturated carbocycles. The van der Waals surface area contributed by atoms with E-state index in [-0.39, 0.29) is 6.61 Å². The van der Waals surface area contributed by atoms with E-state index in [1.807, 2.05) is 12.1 Å². The van der Waals surface area contributed by atoms with Gasteiger partial charge in [-0.05, 0) is 18.6 Å². The minimum atomic E-state index is 0.269. The van der Waals surface area contributed by atoms with E-state index in [1.54, 1.807) is 0 Å². The molecule has 3 rings (SSSR count). The Morgan fingerprint density at radius 2 is 2.11 bits per heavy atom. The first-order valence-corrected chi connectivity index (χ1v) is 6.98. The molecule has 1 aromatic carbocycles. The van der Waals surface area contributed by atoms with Crippen LogP contribution >= 0.6 is 15.9 Å². The zero-order valence-corrected chi connectivity index (χ0v) is 11.6. The third kappa shape index (κ3) is 2.22. The van der Waals surface area contributed by atoms with Gasteiger partial charge in [-0.1, -0.05) is 28.1 Å². The van der Waals surface area contributed by atoms with Gasteiger partial charge < -0.3 is 9.67 Å². The number of aryl methyl sites for hydroxylation is 1.